The van der Waals surface area contributed by atoms with Gasteiger partial charge >= 0.3 is 0 Å². The summed E-state index contributed by atoms with van der Waals surface area (Å²) >= 11 is 0. The number of H-pyrrole nitrogens is 1. The summed E-state index contributed by atoms with van der Waals surface area (Å²) in [4.78, 5) is 29.6. The molecule has 1 fully saturated rings. The van der Waals surface area contributed by atoms with Crippen molar-refractivity contribution in [3.63, 3.8) is 0 Å². The molecule has 1 aliphatic heterocycles. The third-order valence-electron chi connectivity index (χ3n) is 3.50. The standard InChI is InChI=1S/C13H19N7O/c1-3-14-13-18-11-10(15-7-16-11)12(19-13)20-5-4-9(6-20)17-8(2)21/h7,9H,3-6H2,1-2H3,(H,17,21)(H2,14,15,16,18,19). The number of rotatable bonds is 4. The first kappa shape index (κ1) is 13.6. The monoisotopic (exact) mass is 289 g/mol. The van der Waals surface area contributed by atoms with E-state index in [1.54, 1.807) is 13.3 Å². The molecular weight excluding hydrogens is 270 g/mol. The number of aromatic amines is 1. The summed E-state index contributed by atoms with van der Waals surface area (Å²) in [5, 5.41) is 6.08. The fourth-order valence-electron chi connectivity index (χ4n) is 2.64. The Hall–Kier alpha value is -2.38. The Balaban J connectivity index is 1.89. The van der Waals surface area contributed by atoms with E-state index in [9.17, 15) is 4.79 Å². The van der Waals surface area contributed by atoms with Gasteiger partial charge in [0.05, 0.1) is 6.33 Å². The van der Waals surface area contributed by atoms with Crippen LogP contribution in [0.3, 0.4) is 0 Å². The zero-order chi connectivity index (χ0) is 14.8. The lowest BCUT2D eigenvalue weighted by atomic mass is 10.3. The average Bonchev–Trinajstić information content (AvgIpc) is 3.06. The third kappa shape index (κ3) is 2.74. The molecule has 1 atom stereocenters. The molecule has 3 heterocycles. The van der Waals surface area contributed by atoms with Gasteiger partial charge < -0.3 is 20.5 Å². The number of nitrogens with zero attached hydrogens (tertiary/aromatic N) is 4. The maximum absolute atomic E-state index is 11.2. The van der Waals surface area contributed by atoms with Gasteiger partial charge in [-0.2, -0.15) is 9.97 Å². The van der Waals surface area contributed by atoms with Crippen molar-refractivity contribution in [2.45, 2.75) is 26.3 Å². The molecule has 0 aliphatic carbocycles. The highest BCUT2D eigenvalue weighted by Gasteiger charge is 2.26. The van der Waals surface area contributed by atoms with Gasteiger partial charge in [-0.1, -0.05) is 0 Å². The van der Waals surface area contributed by atoms with Crippen LogP contribution in [0, 0.1) is 0 Å². The van der Waals surface area contributed by atoms with Gasteiger partial charge in [-0.25, -0.2) is 4.98 Å². The molecule has 1 saturated heterocycles. The minimum absolute atomic E-state index is 0.00423. The number of carbonyl (C=O) groups is 1. The predicted octanol–water partition coefficient (Wildman–Crippen LogP) is 0.499. The van der Waals surface area contributed by atoms with E-state index in [0.717, 1.165) is 37.4 Å². The smallest absolute Gasteiger partial charge is 0.226 e. The van der Waals surface area contributed by atoms with Crippen molar-refractivity contribution in [1.82, 2.24) is 25.3 Å². The Morgan fingerprint density at radius 1 is 1.52 bits per heavy atom. The predicted molar refractivity (Wildman–Crippen MR) is 80.3 cm³/mol. The first-order valence-electron chi connectivity index (χ1n) is 7.14. The third-order valence-corrected chi connectivity index (χ3v) is 3.50. The van der Waals surface area contributed by atoms with E-state index < -0.39 is 0 Å². The van der Waals surface area contributed by atoms with Crippen molar-refractivity contribution in [3.05, 3.63) is 6.33 Å². The number of nitrogens with one attached hydrogen (secondary N) is 3. The molecule has 0 bridgehead atoms. The zero-order valence-electron chi connectivity index (χ0n) is 12.2. The van der Waals surface area contributed by atoms with Crippen molar-refractivity contribution in [2.75, 3.05) is 29.9 Å². The second-order valence-electron chi connectivity index (χ2n) is 5.13. The van der Waals surface area contributed by atoms with Gasteiger partial charge in [-0.3, -0.25) is 4.79 Å². The molecule has 8 heteroatoms. The summed E-state index contributed by atoms with van der Waals surface area (Å²) in [6.07, 6.45) is 2.54. The van der Waals surface area contributed by atoms with Crippen LogP contribution in [0.5, 0.6) is 0 Å². The minimum Gasteiger partial charge on any atom is -0.354 e. The fourth-order valence-corrected chi connectivity index (χ4v) is 2.64. The Bertz CT molecular complexity index is 653. The van der Waals surface area contributed by atoms with Crippen LogP contribution in [-0.4, -0.2) is 51.5 Å². The number of hydrogen-bond acceptors (Lipinski definition) is 6. The van der Waals surface area contributed by atoms with Gasteiger partial charge in [0, 0.05) is 32.6 Å². The normalized spacial score (nSPS) is 18.2. The summed E-state index contributed by atoms with van der Waals surface area (Å²) in [6.45, 7) is 5.89. The number of fused-ring (bicyclic) bond motifs is 1. The average molecular weight is 289 g/mol. The molecular formula is C13H19N7O. The Kier molecular flexibility index (Phi) is 3.59. The van der Waals surface area contributed by atoms with E-state index in [4.69, 9.17) is 0 Å². The number of amides is 1. The van der Waals surface area contributed by atoms with Crippen LogP contribution >= 0.6 is 0 Å². The van der Waals surface area contributed by atoms with Crippen LogP contribution in [0.25, 0.3) is 11.2 Å². The number of anilines is 2. The molecule has 0 saturated carbocycles. The van der Waals surface area contributed by atoms with E-state index in [1.165, 1.54) is 0 Å². The highest BCUT2D eigenvalue weighted by Crippen LogP contribution is 2.26. The van der Waals surface area contributed by atoms with Gasteiger partial charge in [0.25, 0.3) is 0 Å². The fraction of sp³-hybridized carbons (Fsp3) is 0.538. The zero-order valence-corrected chi connectivity index (χ0v) is 12.2. The Morgan fingerprint density at radius 3 is 3.14 bits per heavy atom. The number of aromatic nitrogens is 4. The molecule has 2 aromatic heterocycles. The molecule has 1 unspecified atom stereocenters. The van der Waals surface area contributed by atoms with Crippen molar-refractivity contribution in [2.24, 2.45) is 0 Å². The summed E-state index contributed by atoms with van der Waals surface area (Å²) in [7, 11) is 0. The lowest BCUT2D eigenvalue weighted by Crippen LogP contribution is -2.35. The van der Waals surface area contributed by atoms with Crippen molar-refractivity contribution < 1.29 is 4.79 Å². The van der Waals surface area contributed by atoms with E-state index in [1.807, 2.05) is 6.92 Å². The second kappa shape index (κ2) is 5.55. The first-order valence-corrected chi connectivity index (χ1v) is 7.14. The quantitative estimate of drug-likeness (QED) is 0.758. The summed E-state index contributed by atoms with van der Waals surface area (Å²) < 4.78 is 0. The maximum atomic E-state index is 11.2. The Labute approximate surface area is 122 Å². The topological polar surface area (TPSA) is 98.8 Å². The van der Waals surface area contributed by atoms with E-state index in [0.29, 0.717) is 11.6 Å². The SMILES string of the molecule is CCNc1nc(N2CCC(NC(C)=O)C2)c2[nH]cnc2n1. The summed E-state index contributed by atoms with van der Waals surface area (Å²) in [5.41, 5.74) is 1.49. The lowest BCUT2D eigenvalue weighted by molar-refractivity contribution is -0.119. The molecule has 2 aromatic rings. The molecule has 3 rings (SSSR count). The van der Waals surface area contributed by atoms with E-state index >= 15 is 0 Å². The summed E-state index contributed by atoms with van der Waals surface area (Å²) in [6, 6.07) is 0.165. The molecule has 0 aromatic carbocycles. The van der Waals surface area contributed by atoms with Crippen molar-refractivity contribution >= 4 is 28.8 Å². The van der Waals surface area contributed by atoms with Gasteiger partial charge in [0.2, 0.25) is 11.9 Å². The van der Waals surface area contributed by atoms with Crippen LogP contribution in [0.15, 0.2) is 6.33 Å². The number of imidazole rings is 1. The molecule has 1 aliphatic rings. The van der Waals surface area contributed by atoms with Crippen molar-refractivity contribution in [3.8, 4) is 0 Å². The van der Waals surface area contributed by atoms with Crippen molar-refractivity contribution in [1.29, 1.82) is 0 Å². The van der Waals surface area contributed by atoms with Crippen LogP contribution in [0.4, 0.5) is 11.8 Å². The van der Waals surface area contributed by atoms with Gasteiger partial charge in [0.15, 0.2) is 11.5 Å². The molecule has 112 valence electrons. The minimum atomic E-state index is 0.00423. The molecule has 21 heavy (non-hydrogen) atoms. The molecule has 0 spiro atoms. The molecule has 0 radical (unpaired) electrons. The lowest BCUT2D eigenvalue weighted by Gasteiger charge is -2.19. The first-order chi connectivity index (χ1) is 10.2. The van der Waals surface area contributed by atoms with Crippen LogP contribution < -0.4 is 15.5 Å². The number of hydrogen-bond donors (Lipinski definition) is 3. The highest BCUT2D eigenvalue weighted by atomic mass is 16.1. The van der Waals surface area contributed by atoms with Crippen LogP contribution in [0.2, 0.25) is 0 Å². The Morgan fingerprint density at radius 2 is 2.38 bits per heavy atom. The maximum Gasteiger partial charge on any atom is 0.226 e. The summed E-state index contributed by atoms with van der Waals surface area (Å²) in [5.74, 6) is 1.42. The van der Waals surface area contributed by atoms with E-state index in [-0.39, 0.29) is 11.9 Å². The van der Waals surface area contributed by atoms with Crippen LogP contribution in [-0.2, 0) is 4.79 Å². The molecule has 1 amide bonds. The highest BCUT2D eigenvalue weighted by molar-refractivity contribution is 5.84. The van der Waals surface area contributed by atoms with Gasteiger partial charge in [-0.05, 0) is 13.3 Å². The second-order valence-corrected chi connectivity index (χ2v) is 5.13. The van der Waals surface area contributed by atoms with Crippen LogP contribution in [0.1, 0.15) is 20.3 Å². The van der Waals surface area contributed by atoms with Gasteiger partial charge in [0.1, 0.15) is 5.52 Å². The van der Waals surface area contributed by atoms with Gasteiger partial charge in [-0.15, -0.1) is 0 Å². The number of carbonyl (C=O) groups excluding carboxylic acids is 1. The van der Waals surface area contributed by atoms with E-state index in [2.05, 4.69) is 35.5 Å². The largest absolute Gasteiger partial charge is 0.354 e. The molecule has 8 nitrogen and oxygen atoms in total. The molecule has 3 N–H and O–H groups in total.